The fraction of sp³-hybridized carbons (Fsp3) is 0.308. The molecule has 0 aliphatic carbocycles. The van der Waals surface area contributed by atoms with E-state index in [-0.39, 0.29) is 6.61 Å². The molecule has 2 aromatic rings. The molecule has 1 aromatic heterocycles. The molecular formula is C13H16ClN3O. The molecule has 0 saturated carbocycles. The number of nitrogens with one attached hydrogen (secondary N) is 1. The van der Waals surface area contributed by atoms with Crippen molar-refractivity contribution in [2.45, 2.75) is 20.1 Å². The zero-order valence-electron chi connectivity index (χ0n) is 10.4. The molecule has 0 saturated heterocycles. The summed E-state index contributed by atoms with van der Waals surface area (Å²) >= 11 is 6.10. The van der Waals surface area contributed by atoms with Crippen LogP contribution in [0.25, 0.3) is 0 Å². The van der Waals surface area contributed by atoms with E-state index in [1.807, 2.05) is 32.3 Å². The van der Waals surface area contributed by atoms with E-state index in [2.05, 4.69) is 10.4 Å². The van der Waals surface area contributed by atoms with Crippen molar-refractivity contribution in [3.8, 4) is 0 Å². The minimum Gasteiger partial charge on any atom is -0.392 e. The number of aliphatic hydroxyl groups is 1. The van der Waals surface area contributed by atoms with E-state index in [9.17, 15) is 0 Å². The fourth-order valence-electron chi connectivity index (χ4n) is 1.82. The second-order valence-corrected chi connectivity index (χ2v) is 4.65. The molecule has 0 aliphatic rings. The number of hydrogen-bond acceptors (Lipinski definition) is 3. The quantitative estimate of drug-likeness (QED) is 0.893. The van der Waals surface area contributed by atoms with Gasteiger partial charge in [0.2, 0.25) is 0 Å². The van der Waals surface area contributed by atoms with Gasteiger partial charge in [0.25, 0.3) is 0 Å². The lowest BCUT2D eigenvalue weighted by Gasteiger charge is -2.09. The van der Waals surface area contributed by atoms with E-state index in [1.165, 1.54) is 0 Å². The first-order chi connectivity index (χ1) is 8.60. The second kappa shape index (κ2) is 5.42. The van der Waals surface area contributed by atoms with Crippen molar-refractivity contribution in [3.63, 3.8) is 0 Å². The maximum absolute atomic E-state index is 9.10. The Bertz CT molecular complexity index is 551. The van der Waals surface area contributed by atoms with Gasteiger partial charge in [0.05, 0.1) is 23.0 Å². The predicted octanol–water partition coefficient (Wildman–Crippen LogP) is 2.49. The number of anilines is 1. The molecule has 1 aromatic carbocycles. The Morgan fingerprint density at radius 3 is 2.83 bits per heavy atom. The largest absolute Gasteiger partial charge is 0.392 e. The van der Waals surface area contributed by atoms with Crippen LogP contribution in [0.3, 0.4) is 0 Å². The van der Waals surface area contributed by atoms with E-state index in [0.717, 1.165) is 22.5 Å². The Balaban J connectivity index is 2.12. The van der Waals surface area contributed by atoms with Crippen LogP contribution in [0.5, 0.6) is 0 Å². The highest BCUT2D eigenvalue weighted by Crippen LogP contribution is 2.24. The van der Waals surface area contributed by atoms with Gasteiger partial charge in [-0.2, -0.15) is 5.10 Å². The molecule has 5 heteroatoms. The normalized spacial score (nSPS) is 10.7. The van der Waals surface area contributed by atoms with Gasteiger partial charge >= 0.3 is 0 Å². The third kappa shape index (κ3) is 2.83. The highest BCUT2D eigenvalue weighted by molar-refractivity contribution is 6.33. The molecule has 0 amide bonds. The molecule has 0 radical (unpaired) electrons. The van der Waals surface area contributed by atoms with Crippen molar-refractivity contribution in [2.75, 3.05) is 5.32 Å². The summed E-state index contributed by atoms with van der Waals surface area (Å²) in [6.07, 6.45) is 1.98. The van der Waals surface area contributed by atoms with E-state index in [0.29, 0.717) is 11.6 Å². The zero-order valence-corrected chi connectivity index (χ0v) is 11.2. The average molecular weight is 266 g/mol. The van der Waals surface area contributed by atoms with Gasteiger partial charge in [-0.25, -0.2) is 0 Å². The number of rotatable bonds is 4. The third-order valence-electron chi connectivity index (χ3n) is 2.80. The lowest BCUT2D eigenvalue weighted by atomic mass is 10.2. The van der Waals surface area contributed by atoms with E-state index >= 15 is 0 Å². The Kier molecular flexibility index (Phi) is 3.89. The van der Waals surface area contributed by atoms with Gasteiger partial charge in [-0.1, -0.05) is 17.7 Å². The number of aryl methyl sites for hydroxylation is 2. The lowest BCUT2D eigenvalue weighted by molar-refractivity contribution is 0.282. The van der Waals surface area contributed by atoms with E-state index in [1.54, 1.807) is 10.7 Å². The minimum absolute atomic E-state index is 0.0117. The predicted molar refractivity (Wildman–Crippen MR) is 72.6 cm³/mol. The van der Waals surface area contributed by atoms with Crippen LogP contribution in [0.15, 0.2) is 24.4 Å². The molecule has 1 heterocycles. The standard InChI is InChI=1S/C13H16ClN3O/c1-9-11(7-17(2)16-9)6-15-13-5-10(8-18)3-4-12(13)14/h3-5,7,15,18H,6,8H2,1-2H3. The Morgan fingerprint density at radius 2 is 2.22 bits per heavy atom. The summed E-state index contributed by atoms with van der Waals surface area (Å²) in [4.78, 5) is 0. The summed E-state index contributed by atoms with van der Waals surface area (Å²) in [5.41, 5.74) is 3.79. The SMILES string of the molecule is Cc1nn(C)cc1CNc1cc(CO)ccc1Cl. The van der Waals surface area contributed by atoms with Crippen LogP contribution in [-0.2, 0) is 20.2 Å². The molecule has 0 atom stereocenters. The summed E-state index contributed by atoms with van der Waals surface area (Å²) in [6.45, 7) is 2.65. The van der Waals surface area contributed by atoms with Gasteiger partial charge in [-0.05, 0) is 24.6 Å². The number of aliphatic hydroxyl groups excluding tert-OH is 1. The van der Waals surface area contributed by atoms with Crippen LogP contribution >= 0.6 is 11.6 Å². The van der Waals surface area contributed by atoms with Gasteiger partial charge < -0.3 is 10.4 Å². The molecule has 0 bridgehead atoms. The Labute approximate surface area is 111 Å². The highest BCUT2D eigenvalue weighted by atomic mass is 35.5. The molecule has 18 heavy (non-hydrogen) atoms. The van der Waals surface area contributed by atoms with E-state index in [4.69, 9.17) is 16.7 Å². The van der Waals surface area contributed by atoms with Crippen molar-refractivity contribution in [3.05, 3.63) is 46.2 Å². The number of nitrogens with zero attached hydrogens (tertiary/aromatic N) is 2. The van der Waals surface area contributed by atoms with Crippen molar-refractivity contribution in [1.29, 1.82) is 0 Å². The van der Waals surface area contributed by atoms with Gasteiger partial charge in [-0.3, -0.25) is 4.68 Å². The third-order valence-corrected chi connectivity index (χ3v) is 3.13. The van der Waals surface area contributed by atoms with Crippen LogP contribution in [0.1, 0.15) is 16.8 Å². The molecule has 0 fully saturated rings. The van der Waals surface area contributed by atoms with Crippen LogP contribution in [0, 0.1) is 6.92 Å². The lowest BCUT2D eigenvalue weighted by Crippen LogP contribution is -2.01. The van der Waals surface area contributed by atoms with Gasteiger partial charge in [0.15, 0.2) is 0 Å². The molecule has 4 nitrogen and oxygen atoms in total. The molecule has 0 spiro atoms. The molecule has 0 unspecified atom stereocenters. The number of aromatic nitrogens is 2. The van der Waals surface area contributed by atoms with Crippen molar-refractivity contribution < 1.29 is 5.11 Å². The van der Waals surface area contributed by atoms with Gasteiger partial charge in [-0.15, -0.1) is 0 Å². The number of hydrogen-bond donors (Lipinski definition) is 2. The second-order valence-electron chi connectivity index (χ2n) is 4.24. The molecule has 2 N–H and O–H groups in total. The Morgan fingerprint density at radius 1 is 1.44 bits per heavy atom. The average Bonchev–Trinajstić information content (AvgIpc) is 2.67. The number of benzene rings is 1. The minimum atomic E-state index is 0.0117. The maximum Gasteiger partial charge on any atom is 0.0682 e. The first-order valence-corrected chi connectivity index (χ1v) is 6.10. The van der Waals surface area contributed by atoms with Gasteiger partial charge in [0.1, 0.15) is 0 Å². The van der Waals surface area contributed by atoms with Crippen LogP contribution in [0.2, 0.25) is 5.02 Å². The zero-order chi connectivity index (χ0) is 13.1. The van der Waals surface area contributed by atoms with Crippen molar-refractivity contribution >= 4 is 17.3 Å². The summed E-state index contributed by atoms with van der Waals surface area (Å²) < 4.78 is 1.79. The molecular weight excluding hydrogens is 250 g/mol. The fourth-order valence-corrected chi connectivity index (χ4v) is 2.00. The van der Waals surface area contributed by atoms with Crippen molar-refractivity contribution in [1.82, 2.24) is 9.78 Å². The van der Waals surface area contributed by atoms with E-state index < -0.39 is 0 Å². The van der Waals surface area contributed by atoms with Gasteiger partial charge in [0, 0.05) is 25.4 Å². The summed E-state index contributed by atoms with van der Waals surface area (Å²) in [6, 6.07) is 5.45. The summed E-state index contributed by atoms with van der Waals surface area (Å²) in [7, 11) is 1.90. The molecule has 0 aliphatic heterocycles. The summed E-state index contributed by atoms with van der Waals surface area (Å²) in [5, 5.41) is 17.3. The van der Waals surface area contributed by atoms with Crippen LogP contribution in [0.4, 0.5) is 5.69 Å². The first kappa shape index (κ1) is 12.9. The summed E-state index contributed by atoms with van der Waals surface area (Å²) in [5.74, 6) is 0. The monoisotopic (exact) mass is 265 g/mol. The smallest absolute Gasteiger partial charge is 0.0682 e. The van der Waals surface area contributed by atoms with Crippen LogP contribution in [-0.4, -0.2) is 14.9 Å². The maximum atomic E-state index is 9.10. The molecule has 96 valence electrons. The Hall–Kier alpha value is -1.52. The molecule has 2 rings (SSSR count). The van der Waals surface area contributed by atoms with Crippen LogP contribution < -0.4 is 5.32 Å². The topological polar surface area (TPSA) is 50.1 Å². The number of halogens is 1. The highest BCUT2D eigenvalue weighted by Gasteiger charge is 2.05. The van der Waals surface area contributed by atoms with Crippen molar-refractivity contribution in [2.24, 2.45) is 7.05 Å². The first-order valence-electron chi connectivity index (χ1n) is 5.72.